The third-order valence-electron chi connectivity index (χ3n) is 1.67. The Morgan fingerprint density at radius 1 is 1.00 bits per heavy atom. The lowest BCUT2D eigenvalue weighted by molar-refractivity contribution is 0.129. The van der Waals surface area contributed by atoms with Crippen LogP contribution in [-0.2, 0) is 9.31 Å². The summed E-state index contributed by atoms with van der Waals surface area (Å²) in [4.78, 5) is 0. The van der Waals surface area contributed by atoms with Crippen LogP contribution < -0.4 is 0 Å². The molecular weight excluding hydrogens is 198 g/mol. The summed E-state index contributed by atoms with van der Waals surface area (Å²) in [6.45, 7) is 8.10. The second kappa shape index (κ2) is 8.57. The predicted octanol–water partition coefficient (Wildman–Crippen LogP) is 3.34. The van der Waals surface area contributed by atoms with E-state index in [4.69, 9.17) is 20.9 Å². The van der Waals surface area contributed by atoms with Crippen molar-refractivity contribution in [2.24, 2.45) is 0 Å². The van der Waals surface area contributed by atoms with E-state index in [2.05, 4.69) is 0 Å². The topological polar surface area (TPSA) is 18.5 Å². The van der Waals surface area contributed by atoms with E-state index in [1.807, 2.05) is 27.7 Å². The first-order valence-corrected chi connectivity index (χ1v) is 5.96. The lowest BCUT2D eigenvalue weighted by Gasteiger charge is -2.19. The Morgan fingerprint density at radius 2 is 1.50 bits per heavy atom. The van der Waals surface area contributed by atoms with Crippen LogP contribution in [0.15, 0.2) is 0 Å². The van der Waals surface area contributed by atoms with Gasteiger partial charge in [0, 0.05) is 18.1 Å². The van der Waals surface area contributed by atoms with Crippen LogP contribution in [0.5, 0.6) is 0 Å². The van der Waals surface area contributed by atoms with Crippen molar-refractivity contribution in [2.75, 3.05) is 5.88 Å². The largest absolute Gasteiger partial charge is 0.457 e. The standard InChI is InChI=1S/C10H22BClO2/c1-9(2)13-11(14-10(3)4)7-5-6-8-12/h9-10H,5-8H2,1-4H3. The molecule has 4 heteroatoms. The highest BCUT2D eigenvalue weighted by atomic mass is 35.5. The molecule has 0 fully saturated rings. The Labute approximate surface area is 93.4 Å². The van der Waals surface area contributed by atoms with Gasteiger partial charge in [0.2, 0.25) is 0 Å². The van der Waals surface area contributed by atoms with Crippen LogP contribution >= 0.6 is 11.6 Å². The molecule has 0 bridgehead atoms. The van der Waals surface area contributed by atoms with Gasteiger partial charge in [0.15, 0.2) is 0 Å². The van der Waals surface area contributed by atoms with Crippen LogP contribution in [0.1, 0.15) is 40.5 Å². The first kappa shape index (κ1) is 14.3. The van der Waals surface area contributed by atoms with Crippen LogP contribution in [0.2, 0.25) is 6.32 Å². The molecule has 0 aliphatic carbocycles. The molecule has 0 unspecified atom stereocenters. The molecule has 14 heavy (non-hydrogen) atoms. The van der Waals surface area contributed by atoms with Gasteiger partial charge in [-0.1, -0.05) is 6.42 Å². The quantitative estimate of drug-likeness (QED) is 0.355. The van der Waals surface area contributed by atoms with E-state index >= 15 is 0 Å². The molecule has 0 saturated heterocycles. The molecule has 0 amide bonds. The SMILES string of the molecule is CC(C)OB(CCCCCl)OC(C)C. The number of rotatable bonds is 8. The minimum atomic E-state index is -0.0711. The molecule has 0 saturated carbocycles. The van der Waals surface area contributed by atoms with Crippen LogP contribution in [0.4, 0.5) is 0 Å². The monoisotopic (exact) mass is 220 g/mol. The van der Waals surface area contributed by atoms with Gasteiger partial charge in [0.1, 0.15) is 0 Å². The third kappa shape index (κ3) is 8.85. The average Bonchev–Trinajstić information content (AvgIpc) is 2.02. The second-order valence-corrected chi connectivity index (χ2v) is 4.36. The molecule has 84 valence electrons. The number of hydrogen-bond donors (Lipinski definition) is 0. The van der Waals surface area contributed by atoms with Crippen molar-refractivity contribution in [1.82, 2.24) is 0 Å². The average molecular weight is 221 g/mol. The van der Waals surface area contributed by atoms with Crippen LogP contribution in [0.3, 0.4) is 0 Å². The van der Waals surface area contributed by atoms with Crippen molar-refractivity contribution < 1.29 is 9.31 Å². The Bertz CT molecular complexity index is 121. The van der Waals surface area contributed by atoms with E-state index in [-0.39, 0.29) is 19.3 Å². The minimum absolute atomic E-state index is 0.0711. The highest BCUT2D eigenvalue weighted by Gasteiger charge is 2.20. The Morgan fingerprint density at radius 3 is 1.86 bits per heavy atom. The summed E-state index contributed by atoms with van der Waals surface area (Å²) in [6.07, 6.45) is 3.46. The summed E-state index contributed by atoms with van der Waals surface area (Å²) in [5.74, 6) is 0.718. The van der Waals surface area contributed by atoms with E-state index < -0.39 is 0 Å². The van der Waals surface area contributed by atoms with Gasteiger partial charge in [0.25, 0.3) is 0 Å². The van der Waals surface area contributed by atoms with Gasteiger partial charge in [-0.05, 0) is 40.4 Å². The third-order valence-corrected chi connectivity index (χ3v) is 1.94. The van der Waals surface area contributed by atoms with Gasteiger partial charge in [0.05, 0.1) is 0 Å². The van der Waals surface area contributed by atoms with Gasteiger partial charge in [-0.2, -0.15) is 0 Å². The summed E-state index contributed by atoms with van der Waals surface area (Å²) >= 11 is 5.61. The lowest BCUT2D eigenvalue weighted by Crippen LogP contribution is -2.29. The molecule has 0 aromatic carbocycles. The Balaban J connectivity index is 3.72. The maximum atomic E-state index is 5.64. The zero-order valence-electron chi connectivity index (χ0n) is 9.75. The molecule has 0 aromatic heterocycles. The van der Waals surface area contributed by atoms with Gasteiger partial charge in [-0.15, -0.1) is 11.6 Å². The van der Waals surface area contributed by atoms with Crippen molar-refractivity contribution in [3.8, 4) is 0 Å². The number of hydrogen-bond acceptors (Lipinski definition) is 2. The summed E-state index contributed by atoms with van der Waals surface area (Å²) in [5.41, 5.74) is 0. The highest BCUT2D eigenvalue weighted by molar-refractivity contribution is 6.44. The lowest BCUT2D eigenvalue weighted by atomic mass is 9.81. The molecule has 0 N–H and O–H groups in total. The normalized spacial score (nSPS) is 11.4. The molecule has 2 nitrogen and oxygen atoms in total. The zero-order valence-corrected chi connectivity index (χ0v) is 10.5. The van der Waals surface area contributed by atoms with E-state index in [0.29, 0.717) is 0 Å². The van der Waals surface area contributed by atoms with Gasteiger partial charge in [-0.25, -0.2) is 0 Å². The fourth-order valence-corrected chi connectivity index (χ4v) is 1.37. The Hall–Kier alpha value is 0.275. The predicted molar refractivity (Wildman–Crippen MR) is 63.0 cm³/mol. The van der Waals surface area contributed by atoms with Gasteiger partial charge in [-0.3, -0.25) is 0 Å². The van der Waals surface area contributed by atoms with Crippen molar-refractivity contribution in [1.29, 1.82) is 0 Å². The van der Waals surface area contributed by atoms with E-state index in [9.17, 15) is 0 Å². The van der Waals surface area contributed by atoms with Crippen molar-refractivity contribution in [3.63, 3.8) is 0 Å². The molecule has 0 aliphatic heterocycles. The van der Waals surface area contributed by atoms with Gasteiger partial charge < -0.3 is 9.31 Å². The second-order valence-electron chi connectivity index (χ2n) is 3.98. The summed E-state index contributed by atoms with van der Waals surface area (Å²) in [5, 5.41) is 0. The number of alkyl halides is 1. The molecular formula is C10H22BClO2. The molecule has 0 rings (SSSR count). The minimum Gasteiger partial charge on any atom is -0.409 e. The molecule has 0 atom stereocenters. The maximum Gasteiger partial charge on any atom is 0.457 e. The fourth-order valence-electron chi connectivity index (χ4n) is 1.18. The first-order chi connectivity index (χ1) is 6.56. The van der Waals surface area contributed by atoms with Crippen LogP contribution in [0, 0.1) is 0 Å². The highest BCUT2D eigenvalue weighted by Crippen LogP contribution is 2.09. The van der Waals surface area contributed by atoms with E-state index in [1.165, 1.54) is 0 Å². The number of unbranched alkanes of at least 4 members (excludes halogenated alkanes) is 1. The van der Waals surface area contributed by atoms with E-state index in [1.54, 1.807) is 0 Å². The first-order valence-electron chi connectivity index (χ1n) is 5.43. The van der Waals surface area contributed by atoms with Crippen molar-refractivity contribution in [3.05, 3.63) is 0 Å². The fraction of sp³-hybridized carbons (Fsp3) is 1.00. The smallest absolute Gasteiger partial charge is 0.409 e. The summed E-state index contributed by atoms with van der Waals surface area (Å²) in [6, 6.07) is 0. The molecule has 0 radical (unpaired) electrons. The molecule has 0 spiro atoms. The summed E-state index contributed by atoms with van der Waals surface area (Å²) < 4.78 is 11.3. The Kier molecular flexibility index (Phi) is 8.74. The summed E-state index contributed by atoms with van der Waals surface area (Å²) in [7, 11) is -0.0711. The molecule has 0 aliphatic rings. The van der Waals surface area contributed by atoms with Gasteiger partial charge >= 0.3 is 7.12 Å². The van der Waals surface area contributed by atoms with E-state index in [0.717, 1.165) is 25.0 Å². The zero-order chi connectivity index (χ0) is 11.0. The molecule has 0 heterocycles. The van der Waals surface area contributed by atoms with Crippen LogP contribution in [-0.4, -0.2) is 25.2 Å². The van der Waals surface area contributed by atoms with Crippen molar-refractivity contribution >= 4 is 18.7 Å². The maximum absolute atomic E-state index is 5.64. The van der Waals surface area contributed by atoms with Crippen LogP contribution in [0.25, 0.3) is 0 Å². The van der Waals surface area contributed by atoms with Crippen molar-refractivity contribution in [2.45, 2.75) is 59.1 Å². The molecule has 0 aromatic rings. The number of halogens is 1.